The first-order chi connectivity index (χ1) is 9.97. The first kappa shape index (κ1) is 15.9. The van der Waals surface area contributed by atoms with Crippen LogP contribution in [0.5, 0.6) is 0 Å². The fraction of sp³-hybridized carbons (Fsp3) is 0.133. The number of pyridine rings is 1. The van der Waals surface area contributed by atoms with Crippen molar-refractivity contribution in [2.75, 3.05) is 5.75 Å². The first-order valence-corrected chi connectivity index (χ1v) is 7.40. The smallest absolute Gasteiger partial charge is 0.248 e. The van der Waals surface area contributed by atoms with Gasteiger partial charge in [0.2, 0.25) is 0 Å². The highest BCUT2D eigenvalue weighted by Crippen LogP contribution is 2.33. The molecule has 110 valence electrons. The molecule has 0 saturated heterocycles. The van der Waals surface area contributed by atoms with Crippen LogP contribution in [0.4, 0.5) is 13.2 Å². The molecule has 0 bridgehead atoms. The number of halogens is 4. The van der Waals surface area contributed by atoms with Gasteiger partial charge in [-0.05, 0) is 11.6 Å². The van der Waals surface area contributed by atoms with Gasteiger partial charge in [-0.2, -0.15) is 13.2 Å². The van der Waals surface area contributed by atoms with Crippen molar-refractivity contribution in [1.29, 1.82) is 0 Å². The number of benzene rings is 1. The second-order valence-electron chi connectivity index (χ2n) is 4.13. The molecule has 0 spiro atoms. The van der Waals surface area contributed by atoms with E-state index in [0.29, 0.717) is 10.8 Å². The lowest BCUT2D eigenvalue weighted by Crippen LogP contribution is -2.05. The van der Waals surface area contributed by atoms with Gasteiger partial charge in [0.25, 0.3) is 0 Å². The number of aromatic nitrogens is 1. The Hall–Kier alpha value is -1.46. The summed E-state index contributed by atoms with van der Waals surface area (Å²) < 4.78 is 37.4. The van der Waals surface area contributed by atoms with Gasteiger partial charge in [-0.3, -0.25) is 0 Å². The third kappa shape index (κ3) is 4.79. The summed E-state index contributed by atoms with van der Waals surface area (Å²) in [5, 5.41) is 0.408. The van der Waals surface area contributed by atoms with Crippen LogP contribution in [-0.4, -0.2) is 10.7 Å². The average Bonchev–Trinajstić information content (AvgIpc) is 2.45. The number of rotatable bonds is 4. The molecule has 0 unspecified atom stereocenters. The lowest BCUT2D eigenvalue weighted by Gasteiger charge is -2.08. The van der Waals surface area contributed by atoms with E-state index in [1.54, 1.807) is 0 Å². The SMILES string of the molecule is FC(F)(F)c1cnc(SCC=Cc2ccccc2)c(Cl)c1. The number of thioether (sulfide) groups is 1. The minimum Gasteiger partial charge on any atom is -0.248 e. The molecule has 0 aliphatic carbocycles. The van der Waals surface area contributed by atoms with Crippen LogP contribution in [0.25, 0.3) is 6.08 Å². The monoisotopic (exact) mass is 329 g/mol. The fourth-order valence-electron chi connectivity index (χ4n) is 1.56. The van der Waals surface area contributed by atoms with Gasteiger partial charge >= 0.3 is 6.18 Å². The van der Waals surface area contributed by atoms with E-state index in [9.17, 15) is 13.2 Å². The Bertz CT molecular complexity index is 627. The summed E-state index contributed by atoms with van der Waals surface area (Å²) in [6.07, 6.45) is 0.225. The Morgan fingerprint density at radius 3 is 2.52 bits per heavy atom. The van der Waals surface area contributed by atoms with Crippen molar-refractivity contribution in [3.05, 3.63) is 64.8 Å². The first-order valence-electron chi connectivity index (χ1n) is 6.04. The van der Waals surface area contributed by atoms with E-state index in [1.807, 2.05) is 42.5 Å². The van der Waals surface area contributed by atoms with Gasteiger partial charge in [0.05, 0.1) is 10.6 Å². The minimum absolute atomic E-state index is 0.0166. The van der Waals surface area contributed by atoms with Crippen molar-refractivity contribution in [3.63, 3.8) is 0 Å². The lowest BCUT2D eigenvalue weighted by atomic mass is 10.2. The fourth-order valence-corrected chi connectivity index (χ4v) is 2.57. The van der Waals surface area contributed by atoms with Crippen LogP contribution in [0.1, 0.15) is 11.1 Å². The molecule has 21 heavy (non-hydrogen) atoms. The molecule has 0 N–H and O–H groups in total. The molecule has 0 amide bonds. The molecule has 0 saturated carbocycles. The molecule has 0 fully saturated rings. The lowest BCUT2D eigenvalue weighted by molar-refractivity contribution is -0.137. The molecule has 0 aliphatic rings. The third-order valence-electron chi connectivity index (χ3n) is 2.56. The van der Waals surface area contributed by atoms with Gasteiger partial charge in [-0.25, -0.2) is 4.98 Å². The summed E-state index contributed by atoms with van der Waals surface area (Å²) in [6.45, 7) is 0. The summed E-state index contributed by atoms with van der Waals surface area (Å²) in [7, 11) is 0. The molecule has 6 heteroatoms. The van der Waals surface area contributed by atoms with E-state index in [4.69, 9.17) is 11.6 Å². The minimum atomic E-state index is -4.42. The van der Waals surface area contributed by atoms with Crippen LogP contribution in [0.3, 0.4) is 0 Å². The molecule has 1 aromatic carbocycles. The Morgan fingerprint density at radius 2 is 1.90 bits per heavy atom. The zero-order valence-electron chi connectivity index (χ0n) is 10.8. The highest BCUT2D eigenvalue weighted by atomic mass is 35.5. The molecule has 2 rings (SSSR count). The molecular weight excluding hydrogens is 319 g/mol. The average molecular weight is 330 g/mol. The van der Waals surface area contributed by atoms with Crippen LogP contribution in [0, 0.1) is 0 Å². The van der Waals surface area contributed by atoms with Crippen molar-refractivity contribution in [2.24, 2.45) is 0 Å². The maximum atomic E-state index is 12.5. The van der Waals surface area contributed by atoms with Gasteiger partial charge < -0.3 is 0 Å². The van der Waals surface area contributed by atoms with Crippen LogP contribution >= 0.6 is 23.4 Å². The molecule has 0 radical (unpaired) electrons. The van der Waals surface area contributed by atoms with Crippen molar-refractivity contribution < 1.29 is 13.2 Å². The summed E-state index contributed by atoms with van der Waals surface area (Å²) in [4.78, 5) is 3.77. The maximum absolute atomic E-state index is 12.5. The zero-order chi connectivity index (χ0) is 15.3. The molecular formula is C15H11ClF3NS. The second-order valence-corrected chi connectivity index (χ2v) is 5.55. The Kier molecular flexibility index (Phi) is 5.31. The summed E-state index contributed by atoms with van der Waals surface area (Å²) in [5.74, 6) is 0.576. The van der Waals surface area contributed by atoms with Crippen LogP contribution < -0.4 is 0 Å². The van der Waals surface area contributed by atoms with Gasteiger partial charge in [-0.1, -0.05) is 54.1 Å². The summed E-state index contributed by atoms with van der Waals surface area (Å²) in [6, 6.07) is 10.6. The van der Waals surface area contributed by atoms with Crippen molar-refractivity contribution >= 4 is 29.4 Å². The van der Waals surface area contributed by atoms with Crippen LogP contribution in [0.2, 0.25) is 5.02 Å². The summed E-state index contributed by atoms with van der Waals surface area (Å²) >= 11 is 7.11. The third-order valence-corrected chi connectivity index (χ3v) is 3.92. The number of hydrogen-bond donors (Lipinski definition) is 0. The number of nitrogens with zero attached hydrogens (tertiary/aromatic N) is 1. The standard InChI is InChI=1S/C15H11ClF3NS/c16-13-9-12(15(17,18)19)10-20-14(13)21-8-4-7-11-5-2-1-3-6-11/h1-7,9-10H,8H2. The van der Waals surface area contributed by atoms with Crippen molar-refractivity contribution in [1.82, 2.24) is 4.98 Å². The van der Waals surface area contributed by atoms with E-state index in [2.05, 4.69) is 4.98 Å². The number of hydrogen-bond acceptors (Lipinski definition) is 2. The molecule has 0 aliphatic heterocycles. The van der Waals surface area contributed by atoms with E-state index < -0.39 is 11.7 Å². The highest BCUT2D eigenvalue weighted by Gasteiger charge is 2.31. The van der Waals surface area contributed by atoms with Gasteiger partial charge in [0, 0.05) is 11.9 Å². The normalized spacial score (nSPS) is 12.0. The topological polar surface area (TPSA) is 12.9 Å². The molecule has 1 aromatic heterocycles. The number of alkyl halides is 3. The molecule has 1 nitrogen and oxygen atoms in total. The second kappa shape index (κ2) is 7.00. The maximum Gasteiger partial charge on any atom is 0.417 e. The highest BCUT2D eigenvalue weighted by molar-refractivity contribution is 7.99. The Balaban J connectivity index is 1.96. The Morgan fingerprint density at radius 1 is 1.19 bits per heavy atom. The van der Waals surface area contributed by atoms with Crippen LogP contribution in [0.15, 0.2) is 53.7 Å². The van der Waals surface area contributed by atoms with E-state index in [1.165, 1.54) is 11.8 Å². The summed E-state index contributed by atoms with van der Waals surface area (Å²) in [5.41, 5.74) is 0.223. The predicted octanol–water partition coefficient (Wildman–Crippen LogP) is 5.56. The van der Waals surface area contributed by atoms with Crippen LogP contribution in [-0.2, 0) is 6.18 Å². The van der Waals surface area contributed by atoms with E-state index >= 15 is 0 Å². The van der Waals surface area contributed by atoms with Crippen molar-refractivity contribution in [2.45, 2.75) is 11.2 Å². The Labute approximate surface area is 129 Å². The zero-order valence-corrected chi connectivity index (χ0v) is 12.3. The van der Waals surface area contributed by atoms with E-state index in [-0.39, 0.29) is 5.02 Å². The van der Waals surface area contributed by atoms with Gasteiger partial charge in [0.15, 0.2) is 0 Å². The largest absolute Gasteiger partial charge is 0.417 e. The molecule has 1 heterocycles. The van der Waals surface area contributed by atoms with Crippen molar-refractivity contribution in [3.8, 4) is 0 Å². The van der Waals surface area contributed by atoms with E-state index in [0.717, 1.165) is 17.8 Å². The predicted molar refractivity (Wildman–Crippen MR) is 80.4 cm³/mol. The quantitative estimate of drug-likeness (QED) is 0.681. The molecule has 0 atom stereocenters. The molecule has 2 aromatic rings. The van der Waals surface area contributed by atoms with Gasteiger partial charge in [-0.15, -0.1) is 11.8 Å². The van der Waals surface area contributed by atoms with Gasteiger partial charge in [0.1, 0.15) is 5.03 Å².